The summed E-state index contributed by atoms with van der Waals surface area (Å²) in [4.78, 5) is 19.2. The molecule has 0 amide bonds. The van der Waals surface area contributed by atoms with E-state index < -0.39 is 12.9 Å². The second-order valence-corrected chi connectivity index (χ2v) is 12.6. The highest BCUT2D eigenvalue weighted by atomic mass is 31.2. The van der Waals surface area contributed by atoms with Crippen LogP contribution in [0, 0.1) is 0 Å². The summed E-state index contributed by atoms with van der Waals surface area (Å²) in [7, 11) is 0.951. The molecular formula is C27H55NO4P+. The van der Waals surface area contributed by atoms with Crippen LogP contribution in [0.2, 0.25) is 0 Å². The third-order valence-corrected chi connectivity index (χ3v) is 7.47. The molecule has 0 aromatic carbocycles. The van der Waals surface area contributed by atoms with E-state index in [4.69, 9.17) is 0 Å². The van der Waals surface area contributed by atoms with Crippen molar-refractivity contribution in [3.8, 4) is 0 Å². The Morgan fingerprint density at radius 1 is 0.667 bits per heavy atom. The van der Waals surface area contributed by atoms with E-state index in [9.17, 15) is 19.5 Å². The molecule has 3 N–H and O–H groups in total. The van der Waals surface area contributed by atoms with Crippen LogP contribution in [0.15, 0.2) is 24.3 Å². The van der Waals surface area contributed by atoms with Crippen molar-refractivity contribution < 1.29 is 23.9 Å². The average molecular weight is 489 g/mol. The summed E-state index contributed by atoms with van der Waals surface area (Å²) in [6.07, 6.45) is 28.4. The molecule has 196 valence electrons. The fourth-order valence-corrected chi connectivity index (χ4v) is 5.20. The van der Waals surface area contributed by atoms with E-state index in [1.165, 1.54) is 64.2 Å². The van der Waals surface area contributed by atoms with Crippen molar-refractivity contribution >= 4 is 7.60 Å². The topological polar surface area (TPSA) is 77.8 Å². The first-order valence-corrected chi connectivity index (χ1v) is 15.0. The zero-order chi connectivity index (χ0) is 25.1. The lowest BCUT2D eigenvalue weighted by Crippen LogP contribution is -2.49. The number of aliphatic hydroxyl groups is 1. The SMILES string of the molecule is CCCCCC/C=C\CCCCCC/C=C\CCCCCCC(O)(C[N+](C)(C)C)P(=O)(O)O. The van der Waals surface area contributed by atoms with Gasteiger partial charge in [0.2, 0.25) is 5.34 Å². The molecule has 1 unspecified atom stereocenters. The van der Waals surface area contributed by atoms with E-state index >= 15 is 0 Å². The van der Waals surface area contributed by atoms with E-state index in [0.29, 0.717) is 10.9 Å². The van der Waals surface area contributed by atoms with Gasteiger partial charge in [-0.05, 0) is 64.2 Å². The summed E-state index contributed by atoms with van der Waals surface area (Å²) in [6.45, 7) is 2.31. The summed E-state index contributed by atoms with van der Waals surface area (Å²) in [5.74, 6) is 0. The number of quaternary nitrogens is 1. The Kier molecular flexibility index (Phi) is 18.6. The van der Waals surface area contributed by atoms with Crippen molar-refractivity contribution in [1.82, 2.24) is 0 Å². The number of nitrogens with zero attached hydrogens (tertiary/aromatic N) is 1. The van der Waals surface area contributed by atoms with Crippen LogP contribution in [0.25, 0.3) is 0 Å². The highest BCUT2D eigenvalue weighted by molar-refractivity contribution is 7.53. The van der Waals surface area contributed by atoms with Crippen LogP contribution < -0.4 is 0 Å². The lowest BCUT2D eigenvalue weighted by atomic mass is 10.1. The van der Waals surface area contributed by atoms with Crippen molar-refractivity contribution in [3.63, 3.8) is 0 Å². The first-order chi connectivity index (χ1) is 15.5. The molecule has 0 bridgehead atoms. The lowest BCUT2D eigenvalue weighted by molar-refractivity contribution is -0.875. The van der Waals surface area contributed by atoms with Crippen LogP contribution in [0.3, 0.4) is 0 Å². The highest BCUT2D eigenvalue weighted by Gasteiger charge is 2.48. The average Bonchev–Trinajstić information content (AvgIpc) is 2.70. The number of hydrogen-bond acceptors (Lipinski definition) is 2. The smallest absolute Gasteiger partial charge is 0.362 e. The van der Waals surface area contributed by atoms with E-state index in [1.54, 1.807) is 0 Å². The predicted molar refractivity (Wildman–Crippen MR) is 142 cm³/mol. The minimum Gasteiger partial charge on any atom is -0.373 e. The first kappa shape index (κ1) is 32.5. The maximum atomic E-state index is 11.8. The summed E-state index contributed by atoms with van der Waals surface area (Å²) < 4.78 is 12.1. The van der Waals surface area contributed by atoms with Crippen molar-refractivity contribution in [2.24, 2.45) is 0 Å². The molecule has 0 radical (unpaired) electrons. The molecule has 0 spiro atoms. The monoisotopic (exact) mass is 488 g/mol. The zero-order valence-corrected chi connectivity index (χ0v) is 23.1. The van der Waals surface area contributed by atoms with Crippen molar-refractivity contribution in [2.45, 2.75) is 121 Å². The van der Waals surface area contributed by atoms with E-state index in [0.717, 1.165) is 32.1 Å². The van der Waals surface area contributed by atoms with Gasteiger partial charge in [0.15, 0.2) is 0 Å². The Morgan fingerprint density at radius 3 is 1.36 bits per heavy atom. The highest BCUT2D eigenvalue weighted by Crippen LogP contribution is 2.52. The molecule has 6 heteroatoms. The Morgan fingerprint density at radius 2 is 1.03 bits per heavy atom. The second-order valence-electron chi connectivity index (χ2n) is 10.7. The Labute approximate surface area is 205 Å². The van der Waals surface area contributed by atoms with E-state index in [1.807, 2.05) is 21.1 Å². The molecule has 0 aromatic rings. The number of hydrogen-bond donors (Lipinski definition) is 3. The molecule has 0 aliphatic heterocycles. The van der Waals surface area contributed by atoms with Gasteiger partial charge < -0.3 is 19.4 Å². The molecular weight excluding hydrogens is 433 g/mol. The molecule has 5 nitrogen and oxygen atoms in total. The Hall–Kier alpha value is -0.450. The second kappa shape index (κ2) is 18.8. The van der Waals surface area contributed by atoms with Gasteiger partial charge in [-0.25, -0.2) is 0 Å². The lowest BCUT2D eigenvalue weighted by Gasteiger charge is -2.35. The van der Waals surface area contributed by atoms with Crippen LogP contribution in [0.1, 0.15) is 116 Å². The minimum atomic E-state index is -4.55. The van der Waals surface area contributed by atoms with Gasteiger partial charge in [0.05, 0.1) is 21.1 Å². The summed E-state index contributed by atoms with van der Waals surface area (Å²) in [5, 5.41) is 8.62. The van der Waals surface area contributed by atoms with Crippen LogP contribution in [0.4, 0.5) is 0 Å². The van der Waals surface area contributed by atoms with E-state index in [-0.39, 0.29) is 13.0 Å². The van der Waals surface area contributed by atoms with Gasteiger partial charge in [-0.1, -0.05) is 76.2 Å². The Bertz CT molecular complexity index is 565. The fourth-order valence-electron chi connectivity index (χ4n) is 4.14. The largest absolute Gasteiger partial charge is 0.373 e. The molecule has 0 aliphatic carbocycles. The van der Waals surface area contributed by atoms with E-state index in [2.05, 4.69) is 31.2 Å². The van der Waals surface area contributed by atoms with Gasteiger partial charge in [0.25, 0.3) is 0 Å². The third kappa shape index (κ3) is 19.5. The summed E-state index contributed by atoms with van der Waals surface area (Å²) >= 11 is 0. The molecule has 0 saturated carbocycles. The number of likely N-dealkylation sites (N-methyl/N-ethyl adjacent to an activating group) is 1. The fraction of sp³-hybridized carbons (Fsp3) is 0.852. The van der Waals surface area contributed by atoms with Crippen molar-refractivity contribution in [3.05, 3.63) is 24.3 Å². The maximum absolute atomic E-state index is 11.8. The number of rotatable bonds is 22. The van der Waals surface area contributed by atoms with Crippen LogP contribution >= 0.6 is 7.60 Å². The molecule has 33 heavy (non-hydrogen) atoms. The van der Waals surface area contributed by atoms with Crippen LogP contribution in [-0.4, -0.2) is 52.4 Å². The summed E-state index contributed by atoms with van der Waals surface area (Å²) in [5.41, 5.74) is 0. The van der Waals surface area contributed by atoms with Crippen molar-refractivity contribution in [2.75, 3.05) is 27.7 Å². The normalized spacial score (nSPS) is 15.0. The van der Waals surface area contributed by atoms with Gasteiger partial charge in [-0.15, -0.1) is 0 Å². The first-order valence-electron chi connectivity index (χ1n) is 13.4. The quantitative estimate of drug-likeness (QED) is 0.0645. The molecule has 0 aliphatic rings. The summed E-state index contributed by atoms with van der Waals surface area (Å²) in [6, 6.07) is 0. The van der Waals surface area contributed by atoms with Gasteiger partial charge in [0, 0.05) is 0 Å². The maximum Gasteiger partial charge on any atom is 0.362 e. The molecule has 0 fully saturated rings. The van der Waals surface area contributed by atoms with Crippen LogP contribution in [-0.2, 0) is 4.57 Å². The molecule has 0 aromatic heterocycles. The third-order valence-electron chi connectivity index (χ3n) is 6.02. The standard InChI is InChI=1S/C27H54NO4P/c1-5-6-7-8-9-10-11-12-13-14-15-16-17-18-19-20-21-22-23-24-25-27(29,33(30,31)32)26-28(2,3)4/h10-11,18-19,29H,5-9,12-17,20-26H2,1-4H3,(H-,30,31,32)/p+1/b11-10-,19-18-. The zero-order valence-electron chi connectivity index (χ0n) is 22.2. The minimum absolute atomic E-state index is 0.0514. The molecule has 1 atom stereocenters. The molecule has 0 heterocycles. The van der Waals surface area contributed by atoms with Crippen LogP contribution in [0.5, 0.6) is 0 Å². The van der Waals surface area contributed by atoms with Gasteiger partial charge in [-0.2, -0.15) is 0 Å². The van der Waals surface area contributed by atoms with Gasteiger partial charge in [0.1, 0.15) is 6.54 Å². The van der Waals surface area contributed by atoms with Gasteiger partial charge >= 0.3 is 7.60 Å². The number of allylic oxidation sites excluding steroid dienone is 4. The number of unbranched alkanes of at least 4 members (excludes halogenated alkanes) is 13. The Balaban J connectivity index is 3.65. The predicted octanol–water partition coefficient (Wildman–Crippen LogP) is 7.32. The molecule has 0 rings (SSSR count). The molecule has 0 saturated heterocycles. The van der Waals surface area contributed by atoms with Gasteiger partial charge in [-0.3, -0.25) is 4.57 Å². The van der Waals surface area contributed by atoms with Crippen molar-refractivity contribution in [1.29, 1.82) is 0 Å².